The summed E-state index contributed by atoms with van der Waals surface area (Å²) in [4.78, 5) is 12.3. The number of carbonyl (C=O) groups is 1. The fourth-order valence-electron chi connectivity index (χ4n) is 3.17. The van der Waals surface area contributed by atoms with Gasteiger partial charge in [0.1, 0.15) is 5.75 Å². The molecule has 0 spiro atoms. The van der Waals surface area contributed by atoms with E-state index in [0.717, 1.165) is 42.7 Å². The fraction of sp³-hybridized carbons (Fsp3) is 0.381. The Hall–Kier alpha value is -2.33. The first kappa shape index (κ1) is 17.5. The minimum absolute atomic E-state index is 0.0395. The second-order valence-corrected chi connectivity index (χ2v) is 6.31. The predicted octanol–water partition coefficient (Wildman–Crippen LogP) is 4.05. The summed E-state index contributed by atoms with van der Waals surface area (Å²) in [6.45, 7) is 1.50. The Kier molecular flexibility index (Phi) is 6.07. The second-order valence-electron chi connectivity index (χ2n) is 6.31. The fourth-order valence-corrected chi connectivity index (χ4v) is 3.17. The van der Waals surface area contributed by atoms with E-state index >= 15 is 0 Å². The van der Waals surface area contributed by atoms with Crippen LogP contribution in [-0.4, -0.2) is 32.3 Å². The molecule has 0 saturated carbocycles. The number of ether oxygens (including phenoxy) is 2. The summed E-state index contributed by atoms with van der Waals surface area (Å²) in [6.07, 6.45) is 4.65. The van der Waals surface area contributed by atoms with Crippen LogP contribution in [-0.2, 0) is 4.74 Å². The lowest BCUT2D eigenvalue weighted by Crippen LogP contribution is -2.29. The van der Waals surface area contributed by atoms with Crippen LogP contribution in [0.15, 0.2) is 48.5 Å². The molecule has 4 heteroatoms. The van der Waals surface area contributed by atoms with Gasteiger partial charge in [-0.15, -0.1) is 0 Å². The normalized spacial score (nSPS) is 17.1. The average molecular weight is 339 g/mol. The summed E-state index contributed by atoms with van der Waals surface area (Å²) >= 11 is 0. The van der Waals surface area contributed by atoms with E-state index in [1.807, 2.05) is 48.5 Å². The molecule has 1 aliphatic heterocycles. The zero-order valence-electron chi connectivity index (χ0n) is 14.7. The number of nitrogens with one attached hydrogen (secondary N) is 1. The molecule has 1 heterocycles. The number of carbonyl (C=O) groups excluding carboxylic acids is 1. The van der Waals surface area contributed by atoms with Crippen molar-refractivity contribution in [2.24, 2.45) is 0 Å². The average Bonchev–Trinajstić information content (AvgIpc) is 2.69. The van der Waals surface area contributed by atoms with E-state index in [1.165, 1.54) is 6.42 Å². The summed E-state index contributed by atoms with van der Waals surface area (Å²) in [6, 6.07) is 15.5. The van der Waals surface area contributed by atoms with Gasteiger partial charge in [0.15, 0.2) is 0 Å². The molecule has 1 amide bonds. The first-order chi connectivity index (χ1) is 12.3. The summed E-state index contributed by atoms with van der Waals surface area (Å²) in [5.74, 6) is 0.787. The number of para-hydroxylation sites is 1. The van der Waals surface area contributed by atoms with Crippen LogP contribution in [0.2, 0.25) is 0 Å². The molecule has 0 radical (unpaired) electrons. The Morgan fingerprint density at radius 2 is 1.96 bits per heavy atom. The van der Waals surface area contributed by atoms with Crippen molar-refractivity contribution >= 4 is 5.91 Å². The number of rotatable bonds is 6. The Labute approximate surface area is 149 Å². The van der Waals surface area contributed by atoms with E-state index in [4.69, 9.17) is 9.47 Å². The zero-order chi connectivity index (χ0) is 17.5. The van der Waals surface area contributed by atoms with Gasteiger partial charge < -0.3 is 14.8 Å². The lowest BCUT2D eigenvalue weighted by Gasteiger charge is -2.22. The zero-order valence-corrected chi connectivity index (χ0v) is 14.7. The standard InChI is InChI=1S/C21H25NO3/c1-24-20-8-3-2-7-19(20)16-9-11-17(12-10-16)21(23)22-14-13-18-6-4-5-15-25-18/h2-3,7-12,18H,4-6,13-15H2,1H3,(H,22,23)/t18-/m1/s1. The van der Waals surface area contributed by atoms with Gasteiger partial charge in [-0.05, 0) is 49.4 Å². The maximum absolute atomic E-state index is 12.3. The van der Waals surface area contributed by atoms with Gasteiger partial charge in [-0.3, -0.25) is 4.79 Å². The van der Waals surface area contributed by atoms with Gasteiger partial charge in [-0.2, -0.15) is 0 Å². The molecule has 132 valence electrons. The number of amides is 1. The van der Waals surface area contributed by atoms with Crippen LogP contribution >= 0.6 is 0 Å². The quantitative estimate of drug-likeness (QED) is 0.864. The highest BCUT2D eigenvalue weighted by Gasteiger charge is 2.14. The van der Waals surface area contributed by atoms with E-state index in [-0.39, 0.29) is 5.91 Å². The molecule has 25 heavy (non-hydrogen) atoms. The molecule has 2 aromatic rings. The molecule has 4 nitrogen and oxygen atoms in total. The van der Waals surface area contributed by atoms with Gasteiger partial charge in [0.2, 0.25) is 0 Å². The summed E-state index contributed by atoms with van der Waals surface area (Å²) < 4.78 is 11.1. The molecule has 1 atom stereocenters. The van der Waals surface area contributed by atoms with Crippen molar-refractivity contribution < 1.29 is 14.3 Å². The van der Waals surface area contributed by atoms with Gasteiger partial charge >= 0.3 is 0 Å². The van der Waals surface area contributed by atoms with Crippen LogP contribution < -0.4 is 10.1 Å². The third-order valence-corrected chi connectivity index (χ3v) is 4.59. The lowest BCUT2D eigenvalue weighted by atomic mass is 10.0. The maximum Gasteiger partial charge on any atom is 0.251 e. The van der Waals surface area contributed by atoms with Crippen molar-refractivity contribution in [3.63, 3.8) is 0 Å². The molecule has 1 N–H and O–H groups in total. The van der Waals surface area contributed by atoms with Crippen molar-refractivity contribution in [2.75, 3.05) is 20.3 Å². The molecule has 1 saturated heterocycles. The monoisotopic (exact) mass is 339 g/mol. The van der Waals surface area contributed by atoms with Gasteiger partial charge in [-0.1, -0.05) is 30.3 Å². The number of benzene rings is 2. The topological polar surface area (TPSA) is 47.6 Å². The largest absolute Gasteiger partial charge is 0.496 e. The lowest BCUT2D eigenvalue weighted by molar-refractivity contribution is 0.0117. The number of hydrogen-bond acceptors (Lipinski definition) is 3. The van der Waals surface area contributed by atoms with Gasteiger partial charge in [-0.25, -0.2) is 0 Å². The van der Waals surface area contributed by atoms with E-state index in [9.17, 15) is 4.79 Å². The molecular weight excluding hydrogens is 314 g/mol. The third kappa shape index (κ3) is 4.60. The smallest absolute Gasteiger partial charge is 0.251 e. The van der Waals surface area contributed by atoms with Crippen molar-refractivity contribution in [2.45, 2.75) is 31.8 Å². The van der Waals surface area contributed by atoms with Gasteiger partial charge in [0, 0.05) is 24.3 Å². The Morgan fingerprint density at radius 1 is 1.16 bits per heavy atom. The molecular formula is C21H25NO3. The van der Waals surface area contributed by atoms with Crippen molar-refractivity contribution in [3.8, 4) is 16.9 Å². The Morgan fingerprint density at radius 3 is 2.68 bits per heavy atom. The SMILES string of the molecule is COc1ccccc1-c1ccc(C(=O)NCC[C@H]2CCCCO2)cc1. The summed E-state index contributed by atoms with van der Waals surface area (Å²) in [5, 5.41) is 2.98. The highest BCUT2D eigenvalue weighted by molar-refractivity contribution is 5.94. The summed E-state index contributed by atoms with van der Waals surface area (Å²) in [5.41, 5.74) is 2.72. The molecule has 1 fully saturated rings. The predicted molar refractivity (Wildman–Crippen MR) is 99.0 cm³/mol. The van der Waals surface area contributed by atoms with Crippen molar-refractivity contribution in [3.05, 3.63) is 54.1 Å². The van der Waals surface area contributed by atoms with Crippen LogP contribution in [0.5, 0.6) is 5.75 Å². The highest BCUT2D eigenvalue weighted by Crippen LogP contribution is 2.29. The van der Waals surface area contributed by atoms with Gasteiger partial charge in [0.05, 0.1) is 13.2 Å². The minimum Gasteiger partial charge on any atom is -0.496 e. The first-order valence-electron chi connectivity index (χ1n) is 8.91. The van der Waals surface area contributed by atoms with Crippen LogP contribution in [0.3, 0.4) is 0 Å². The van der Waals surface area contributed by atoms with E-state index in [0.29, 0.717) is 18.2 Å². The van der Waals surface area contributed by atoms with Crippen LogP contribution in [0.25, 0.3) is 11.1 Å². The minimum atomic E-state index is -0.0395. The third-order valence-electron chi connectivity index (χ3n) is 4.59. The molecule has 1 aliphatic rings. The van der Waals surface area contributed by atoms with Crippen molar-refractivity contribution in [1.82, 2.24) is 5.32 Å². The molecule has 2 aromatic carbocycles. The van der Waals surface area contributed by atoms with E-state index in [1.54, 1.807) is 7.11 Å². The molecule has 0 aromatic heterocycles. The van der Waals surface area contributed by atoms with Crippen LogP contribution in [0.4, 0.5) is 0 Å². The highest BCUT2D eigenvalue weighted by atomic mass is 16.5. The molecule has 0 unspecified atom stereocenters. The summed E-state index contributed by atoms with van der Waals surface area (Å²) in [7, 11) is 1.66. The first-order valence-corrected chi connectivity index (χ1v) is 8.91. The van der Waals surface area contributed by atoms with Crippen LogP contribution in [0.1, 0.15) is 36.0 Å². The Bertz CT molecular complexity index is 691. The van der Waals surface area contributed by atoms with E-state index in [2.05, 4.69) is 5.32 Å². The Balaban J connectivity index is 1.57. The maximum atomic E-state index is 12.3. The van der Waals surface area contributed by atoms with E-state index < -0.39 is 0 Å². The van der Waals surface area contributed by atoms with Gasteiger partial charge in [0.25, 0.3) is 5.91 Å². The van der Waals surface area contributed by atoms with Crippen LogP contribution in [0, 0.1) is 0 Å². The molecule has 3 rings (SSSR count). The molecule has 0 aliphatic carbocycles. The molecule has 0 bridgehead atoms. The van der Waals surface area contributed by atoms with Crippen molar-refractivity contribution in [1.29, 1.82) is 0 Å². The second kappa shape index (κ2) is 8.67. The number of methoxy groups -OCH3 is 1. The number of hydrogen-bond donors (Lipinski definition) is 1.